The quantitative estimate of drug-likeness (QED) is 0.342. The molecule has 2 aromatic heterocycles. The van der Waals surface area contributed by atoms with E-state index in [0.717, 1.165) is 0 Å². The molecule has 0 spiro atoms. The highest BCUT2D eigenvalue weighted by atomic mass is 35.5. The Morgan fingerprint density at radius 2 is 2.14 bits per heavy atom. The highest BCUT2D eigenvalue weighted by Gasteiger charge is 2.38. The first-order chi connectivity index (χ1) is 17.2. The fraction of sp³-hybridized carbons (Fsp3) is 0.333. The van der Waals surface area contributed by atoms with Crippen LogP contribution in [0.2, 0.25) is 5.02 Å². The largest absolute Gasteiger partial charge is 0.504 e. The number of hydrogen-bond acceptors (Lipinski definition) is 6. The number of ether oxygens (including phenoxy) is 1. The van der Waals surface area contributed by atoms with Gasteiger partial charge in [-0.3, -0.25) is 14.7 Å². The lowest BCUT2D eigenvalue weighted by Gasteiger charge is -2.40. The van der Waals surface area contributed by atoms with Crippen molar-refractivity contribution >= 4 is 28.9 Å². The van der Waals surface area contributed by atoms with E-state index >= 15 is 0 Å². The number of halogens is 4. The van der Waals surface area contributed by atoms with Gasteiger partial charge < -0.3 is 25.5 Å². The monoisotopic (exact) mass is 521 g/mol. The summed E-state index contributed by atoms with van der Waals surface area (Å²) in [7, 11) is 0. The molecule has 5 rings (SSSR count). The van der Waals surface area contributed by atoms with Crippen molar-refractivity contribution < 1.29 is 27.8 Å². The predicted octanol–water partition coefficient (Wildman–Crippen LogP) is 4.48. The Hall–Kier alpha value is -3.44. The van der Waals surface area contributed by atoms with Crippen molar-refractivity contribution in [2.45, 2.75) is 25.1 Å². The Balaban J connectivity index is 1.48. The van der Waals surface area contributed by atoms with Crippen LogP contribution < -0.4 is 15.4 Å². The van der Waals surface area contributed by atoms with E-state index in [1.807, 2.05) is 0 Å². The molecule has 4 heterocycles. The number of alkyl halides is 3. The van der Waals surface area contributed by atoms with Crippen molar-refractivity contribution in [3.63, 3.8) is 0 Å². The molecule has 1 amide bonds. The number of aromatic hydroxyl groups is 1. The standard InChI is InChI=1S/C24H23ClF3N5O3/c25-15-2-1-3-17(22(15)34)32-21-19-16(5-8-30-23(19)35)31-20(21)14-4-7-29-10-18(14)36-11-13-6-9-33(13)12-24(26,27)28/h1-4,7,10,13,31-32,34H,5-6,8-9,11-12H2,(H,30,35). The SMILES string of the molecule is O=C1NCCc2[nH]c(-c3ccncc3OCC3CCN3CC(F)(F)F)c(Nc3cccc(Cl)c3O)c21. The van der Waals surface area contributed by atoms with Crippen LogP contribution in [0, 0.1) is 0 Å². The third-order valence-corrected chi connectivity index (χ3v) is 6.65. The molecule has 190 valence electrons. The third kappa shape index (κ3) is 4.80. The van der Waals surface area contributed by atoms with Gasteiger partial charge in [-0.15, -0.1) is 0 Å². The Bertz CT molecular complexity index is 1300. The van der Waals surface area contributed by atoms with Gasteiger partial charge in [-0.25, -0.2) is 0 Å². The first-order valence-electron chi connectivity index (χ1n) is 11.4. The van der Waals surface area contributed by atoms with E-state index in [4.69, 9.17) is 16.3 Å². The van der Waals surface area contributed by atoms with Crippen LogP contribution in [0.4, 0.5) is 24.5 Å². The normalized spacial score (nSPS) is 17.8. The zero-order chi connectivity index (χ0) is 25.4. The number of amides is 1. The molecule has 36 heavy (non-hydrogen) atoms. The second kappa shape index (κ2) is 9.55. The lowest BCUT2D eigenvalue weighted by Crippen LogP contribution is -2.54. The molecule has 8 nitrogen and oxygen atoms in total. The van der Waals surface area contributed by atoms with E-state index in [0.29, 0.717) is 65.6 Å². The van der Waals surface area contributed by atoms with Crippen LogP contribution in [0.15, 0.2) is 36.7 Å². The number of para-hydroxylation sites is 1. The van der Waals surface area contributed by atoms with E-state index in [2.05, 4.69) is 20.6 Å². The highest BCUT2D eigenvalue weighted by molar-refractivity contribution is 6.32. The van der Waals surface area contributed by atoms with Crippen molar-refractivity contribution in [2.24, 2.45) is 0 Å². The predicted molar refractivity (Wildman–Crippen MR) is 128 cm³/mol. The minimum Gasteiger partial charge on any atom is -0.504 e. The van der Waals surface area contributed by atoms with Crippen LogP contribution in [0.25, 0.3) is 11.3 Å². The number of anilines is 2. The molecule has 1 atom stereocenters. The summed E-state index contributed by atoms with van der Waals surface area (Å²) in [5.41, 5.74) is 2.91. The van der Waals surface area contributed by atoms with Crippen molar-refractivity contribution in [2.75, 3.05) is 31.6 Å². The molecule has 3 aromatic rings. The number of pyridine rings is 1. The van der Waals surface area contributed by atoms with Gasteiger partial charge in [0.2, 0.25) is 0 Å². The molecule has 12 heteroatoms. The summed E-state index contributed by atoms with van der Waals surface area (Å²) < 4.78 is 44.4. The number of carbonyl (C=O) groups is 1. The second-order valence-corrected chi connectivity index (χ2v) is 9.11. The Kier molecular flexibility index (Phi) is 6.44. The number of aromatic nitrogens is 2. The molecule has 0 radical (unpaired) electrons. The molecule has 2 aliphatic heterocycles. The van der Waals surface area contributed by atoms with Crippen LogP contribution in [-0.2, 0) is 6.42 Å². The average Bonchev–Trinajstić information content (AvgIpc) is 3.19. The van der Waals surface area contributed by atoms with Gasteiger partial charge >= 0.3 is 6.18 Å². The number of phenolic OH excluding ortho intramolecular Hbond substituents is 1. The topological polar surface area (TPSA) is 103 Å². The lowest BCUT2D eigenvalue weighted by atomic mass is 10.0. The van der Waals surface area contributed by atoms with Gasteiger partial charge in [-0.2, -0.15) is 13.2 Å². The zero-order valence-electron chi connectivity index (χ0n) is 19.0. The van der Waals surface area contributed by atoms with Crippen LogP contribution in [0.5, 0.6) is 11.5 Å². The minimum atomic E-state index is -4.27. The fourth-order valence-electron chi connectivity index (χ4n) is 4.47. The maximum Gasteiger partial charge on any atom is 0.401 e. The average molecular weight is 522 g/mol. The molecule has 1 fully saturated rings. The first kappa shape index (κ1) is 24.3. The maximum atomic E-state index is 12.8. The molecular weight excluding hydrogens is 499 g/mol. The smallest absolute Gasteiger partial charge is 0.401 e. The number of fused-ring (bicyclic) bond motifs is 1. The number of likely N-dealkylation sites (tertiary alicyclic amines) is 1. The summed E-state index contributed by atoms with van der Waals surface area (Å²) in [4.78, 5) is 21.5. The number of nitrogens with zero attached hydrogens (tertiary/aromatic N) is 2. The molecule has 0 bridgehead atoms. The summed E-state index contributed by atoms with van der Waals surface area (Å²) in [5.74, 6) is -0.0949. The highest BCUT2D eigenvalue weighted by Crippen LogP contribution is 2.42. The summed E-state index contributed by atoms with van der Waals surface area (Å²) in [6.07, 6.45) is -0.0598. The Labute approximate surface area is 209 Å². The van der Waals surface area contributed by atoms with E-state index in [9.17, 15) is 23.1 Å². The molecular formula is C24H23ClF3N5O3. The summed E-state index contributed by atoms with van der Waals surface area (Å²) in [5, 5.41) is 16.5. The summed E-state index contributed by atoms with van der Waals surface area (Å²) >= 11 is 6.07. The van der Waals surface area contributed by atoms with Crippen LogP contribution in [-0.4, -0.2) is 64.3 Å². The molecule has 4 N–H and O–H groups in total. The number of phenols is 1. The van der Waals surface area contributed by atoms with Crippen molar-refractivity contribution in [1.82, 2.24) is 20.2 Å². The molecule has 0 aliphatic carbocycles. The van der Waals surface area contributed by atoms with Crippen LogP contribution >= 0.6 is 11.6 Å². The fourth-order valence-corrected chi connectivity index (χ4v) is 4.64. The van der Waals surface area contributed by atoms with Crippen LogP contribution in [0.1, 0.15) is 22.5 Å². The van der Waals surface area contributed by atoms with Crippen molar-refractivity contribution in [3.05, 3.63) is 52.9 Å². The molecule has 0 saturated carbocycles. The number of carbonyl (C=O) groups excluding carboxylic acids is 1. The zero-order valence-corrected chi connectivity index (χ0v) is 19.7. The molecule has 1 unspecified atom stereocenters. The van der Waals surface area contributed by atoms with E-state index in [1.165, 1.54) is 11.1 Å². The number of nitrogens with one attached hydrogen (secondary N) is 3. The first-order valence-corrected chi connectivity index (χ1v) is 11.7. The number of aromatic amines is 1. The van der Waals surface area contributed by atoms with Crippen LogP contribution in [0.3, 0.4) is 0 Å². The van der Waals surface area contributed by atoms with Gasteiger partial charge in [0, 0.05) is 43.0 Å². The third-order valence-electron chi connectivity index (χ3n) is 6.35. The Morgan fingerprint density at radius 1 is 1.31 bits per heavy atom. The second-order valence-electron chi connectivity index (χ2n) is 8.71. The van der Waals surface area contributed by atoms with Gasteiger partial charge in [0.05, 0.1) is 40.4 Å². The Morgan fingerprint density at radius 3 is 2.89 bits per heavy atom. The van der Waals surface area contributed by atoms with E-state index in [-0.39, 0.29) is 29.3 Å². The van der Waals surface area contributed by atoms with Gasteiger partial charge in [0.15, 0.2) is 5.75 Å². The van der Waals surface area contributed by atoms with E-state index < -0.39 is 12.7 Å². The van der Waals surface area contributed by atoms with Crippen molar-refractivity contribution in [1.29, 1.82) is 0 Å². The van der Waals surface area contributed by atoms with Gasteiger partial charge in [0.1, 0.15) is 12.4 Å². The molecule has 2 aliphatic rings. The van der Waals surface area contributed by atoms with Crippen molar-refractivity contribution in [3.8, 4) is 22.8 Å². The maximum absolute atomic E-state index is 12.8. The minimum absolute atomic E-state index is 0.0630. The molecule has 1 aromatic carbocycles. The number of benzene rings is 1. The lowest BCUT2D eigenvalue weighted by molar-refractivity contribution is -0.163. The number of hydrogen-bond donors (Lipinski definition) is 4. The van der Waals surface area contributed by atoms with Gasteiger partial charge in [0.25, 0.3) is 5.91 Å². The van der Waals surface area contributed by atoms with E-state index in [1.54, 1.807) is 30.5 Å². The number of H-pyrrole nitrogens is 1. The van der Waals surface area contributed by atoms with Gasteiger partial charge in [-0.1, -0.05) is 17.7 Å². The molecule has 1 saturated heterocycles. The summed E-state index contributed by atoms with van der Waals surface area (Å²) in [6.45, 7) is -0.0861. The van der Waals surface area contributed by atoms with Gasteiger partial charge in [-0.05, 0) is 24.6 Å². The summed E-state index contributed by atoms with van der Waals surface area (Å²) in [6, 6.07) is 6.17. The number of rotatable bonds is 7.